The molecule has 1 N–H and O–H groups in total. The molecule has 2 heterocycles. The Hall–Kier alpha value is -1.95. The van der Waals surface area contributed by atoms with Crippen molar-refractivity contribution in [3.8, 4) is 0 Å². The molecule has 2 aromatic heterocycles. The third-order valence-corrected chi connectivity index (χ3v) is 3.76. The maximum absolute atomic E-state index is 12.0. The van der Waals surface area contributed by atoms with Gasteiger partial charge in [0.15, 0.2) is 5.78 Å². The average Bonchev–Trinajstić information content (AvgIpc) is 2.98. The molecule has 0 aliphatic carbocycles. The molecule has 2 rings (SSSR count). The molecule has 2 aromatic rings. The van der Waals surface area contributed by atoms with Gasteiger partial charge < -0.3 is 5.32 Å². The molecule has 19 heavy (non-hydrogen) atoms. The lowest BCUT2D eigenvalue weighted by molar-refractivity contribution is 0.0939. The van der Waals surface area contributed by atoms with E-state index in [1.165, 1.54) is 18.3 Å². The van der Waals surface area contributed by atoms with Crippen LogP contribution in [0.25, 0.3) is 0 Å². The summed E-state index contributed by atoms with van der Waals surface area (Å²) in [5.74, 6) is -0.175. The number of ketones is 1. The minimum Gasteiger partial charge on any atom is -0.347 e. The van der Waals surface area contributed by atoms with E-state index >= 15 is 0 Å². The Morgan fingerprint density at radius 1 is 1.42 bits per heavy atom. The number of carbonyl (C=O) groups is 2. The number of nitrogens with zero attached hydrogens (tertiary/aromatic N) is 2. The molecule has 1 atom stereocenters. The summed E-state index contributed by atoms with van der Waals surface area (Å²) in [4.78, 5) is 24.3. The van der Waals surface area contributed by atoms with E-state index in [2.05, 4.69) is 10.4 Å². The Kier molecular flexibility index (Phi) is 4.11. The van der Waals surface area contributed by atoms with Crippen molar-refractivity contribution >= 4 is 23.0 Å². The molecule has 0 aliphatic heterocycles. The van der Waals surface area contributed by atoms with E-state index < -0.39 is 0 Å². The number of nitrogens with one attached hydrogen (secondary N) is 1. The first kappa shape index (κ1) is 13.5. The normalized spacial score (nSPS) is 12.1. The standard InChI is InChI=1S/C13H15N3O2S/c1-9(8-16-7-3-6-14-16)15-13(18)12-5-4-11(19-12)10(2)17/h3-7,9H,8H2,1-2H3,(H,15,18)/t9-/m1/s1. The molecule has 100 valence electrons. The minimum atomic E-state index is -0.155. The van der Waals surface area contributed by atoms with E-state index in [1.807, 2.05) is 19.2 Å². The van der Waals surface area contributed by atoms with Crippen LogP contribution in [0, 0.1) is 0 Å². The van der Waals surface area contributed by atoms with Crippen molar-refractivity contribution in [2.24, 2.45) is 0 Å². The molecular formula is C13H15N3O2S. The van der Waals surface area contributed by atoms with E-state index in [4.69, 9.17) is 0 Å². The van der Waals surface area contributed by atoms with Gasteiger partial charge in [-0.3, -0.25) is 14.3 Å². The average molecular weight is 277 g/mol. The smallest absolute Gasteiger partial charge is 0.261 e. The summed E-state index contributed by atoms with van der Waals surface area (Å²) in [6, 6.07) is 5.17. The van der Waals surface area contributed by atoms with Crippen LogP contribution in [-0.2, 0) is 6.54 Å². The van der Waals surface area contributed by atoms with Crippen molar-refractivity contribution in [1.29, 1.82) is 0 Å². The van der Waals surface area contributed by atoms with E-state index in [9.17, 15) is 9.59 Å². The third kappa shape index (κ3) is 3.51. The van der Waals surface area contributed by atoms with Crippen molar-refractivity contribution < 1.29 is 9.59 Å². The summed E-state index contributed by atoms with van der Waals surface area (Å²) in [6.07, 6.45) is 3.55. The van der Waals surface area contributed by atoms with Crippen molar-refractivity contribution in [3.05, 3.63) is 40.3 Å². The summed E-state index contributed by atoms with van der Waals surface area (Å²) in [5.41, 5.74) is 0. The van der Waals surface area contributed by atoms with Gasteiger partial charge in [-0.05, 0) is 32.0 Å². The second-order valence-electron chi connectivity index (χ2n) is 4.32. The molecule has 0 unspecified atom stereocenters. The predicted molar refractivity (Wildman–Crippen MR) is 73.5 cm³/mol. The second-order valence-corrected chi connectivity index (χ2v) is 5.41. The van der Waals surface area contributed by atoms with Crippen molar-refractivity contribution in [1.82, 2.24) is 15.1 Å². The van der Waals surface area contributed by atoms with Gasteiger partial charge in [-0.25, -0.2) is 0 Å². The zero-order chi connectivity index (χ0) is 13.8. The number of amides is 1. The number of Topliss-reactive ketones (excluding diaryl/α,β-unsaturated/α-hetero) is 1. The monoisotopic (exact) mass is 277 g/mol. The van der Waals surface area contributed by atoms with Crippen molar-refractivity contribution in [2.75, 3.05) is 0 Å². The fraction of sp³-hybridized carbons (Fsp3) is 0.308. The first-order chi connectivity index (χ1) is 9.06. The molecule has 0 bridgehead atoms. The van der Waals surface area contributed by atoms with Gasteiger partial charge in [0.25, 0.3) is 5.91 Å². The lowest BCUT2D eigenvalue weighted by atomic mass is 10.3. The van der Waals surface area contributed by atoms with Crippen LogP contribution >= 0.6 is 11.3 Å². The Labute approximate surface area is 115 Å². The highest BCUT2D eigenvalue weighted by Crippen LogP contribution is 2.16. The molecular weight excluding hydrogens is 262 g/mol. The lowest BCUT2D eigenvalue weighted by Gasteiger charge is -2.13. The summed E-state index contributed by atoms with van der Waals surface area (Å²) >= 11 is 1.22. The zero-order valence-corrected chi connectivity index (χ0v) is 11.6. The number of aromatic nitrogens is 2. The third-order valence-electron chi connectivity index (χ3n) is 2.57. The Morgan fingerprint density at radius 3 is 2.74 bits per heavy atom. The van der Waals surface area contributed by atoms with Gasteiger partial charge >= 0.3 is 0 Å². The largest absolute Gasteiger partial charge is 0.347 e. The number of rotatable bonds is 5. The second kappa shape index (κ2) is 5.79. The zero-order valence-electron chi connectivity index (χ0n) is 10.8. The first-order valence-corrected chi connectivity index (χ1v) is 6.77. The molecule has 0 fully saturated rings. The highest BCUT2D eigenvalue weighted by Gasteiger charge is 2.13. The molecule has 0 aliphatic rings. The SMILES string of the molecule is CC(=O)c1ccc(C(=O)N[C@H](C)Cn2cccn2)s1. The van der Waals surface area contributed by atoms with Gasteiger partial charge in [0.1, 0.15) is 0 Å². The molecule has 0 spiro atoms. The summed E-state index contributed by atoms with van der Waals surface area (Å²) in [6.45, 7) is 4.02. The molecule has 1 amide bonds. The van der Waals surface area contributed by atoms with Gasteiger partial charge in [-0.1, -0.05) is 0 Å². The predicted octanol–water partition coefficient (Wildman–Crippen LogP) is 1.97. The molecule has 0 saturated carbocycles. The first-order valence-electron chi connectivity index (χ1n) is 5.95. The van der Waals surface area contributed by atoms with E-state index in [0.29, 0.717) is 16.3 Å². The fourth-order valence-corrected chi connectivity index (χ4v) is 2.48. The van der Waals surface area contributed by atoms with E-state index in [-0.39, 0.29) is 17.7 Å². The molecule has 5 nitrogen and oxygen atoms in total. The molecule has 0 radical (unpaired) electrons. The molecule has 6 heteroatoms. The van der Waals surface area contributed by atoms with Crippen LogP contribution < -0.4 is 5.32 Å². The van der Waals surface area contributed by atoms with Gasteiger partial charge in [-0.2, -0.15) is 5.10 Å². The van der Waals surface area contributed by atoms with E-state index in [0.717, 1.165) is 0 Å². The molecule has 0 aromatic carbocycles. The highest BCUT2D eigenvalue weighted by atomic mass is 32.1. The van der Waals surface area contributed by atoms with Gasteiger partial charge in [0.2, 0.25) is 0 Å². The van der Waals surface area contributed by atoms with Crippen LogP contribution in [0.4, 0.5) is 0 Å². The van der Waals surface area contributed by atoms with Crippen molar-refractivity contribution in [2.45, 2.75) is 26.4 Å². The van der Waals surface area contributed by atoms with Crippen LogP contribution in [0.15, 0.2) is 30.6 Å². The van der Waals surface area contributed by atoms with Crippen LogP contribution in [-0.4, -0.2) is 27.5 Å². The van der Waals surface area contributed by atoms with Gasteiger partial charge in [-0.15, -0.1) is 11.3 Å². The minimum absolute atomic E-state index is 0.0198. The Bertz CT molecular complexity index is 574. The lowest BCUT2D eigenvalue weighted by Crippen LogP contribution is -2.35. The summed E-state index contributed by atoms with van der Waals surface area (Å²) in [5, 5.41) is 6.97. The topological polar surface area (TPSA) is 64.0 Å². The number of hydrogen-bond acceptors (Lipinski definition) is 4. The Morgan fingerprint density at radius 2 is 2.16 bits per heavy atom. The van der Waals surface area contributed by atoms with Crippen LogP contribution in [0.3, 0.4) is 0 Å². The van der Waals surface area contributed by atoms with Gasteiger partial charge in [0.05, 0.1) is 16.3 Å². The van der Waals surface area contributed by atoms with Crippen LogP contribution in [0.5, 0.6) is 0 Å². The Balaban J connectivity index is 1.94. The summed E-state index contributed by atoms with van der Waals surface area (Å²) in [7, 11) is 0. The molecule has 0 saturated heterocycles. The highest BCUT2D eigenvalue weighted by molar-refractivity contribution is 7.15. The van der Waals surface area contributed by atoms with Gasteiger partial charge in [0, 0.05) is 18.4 Å². The maximum atomic E-state index is 12.0. The summed E-state index contributed by atoms with van der Waals surface area (Å²) < 4.78 is 1.76. The van der Waals surface area contributed by atoms with Crippen molar-refractivity contribution in [3.63, 3.8) is 0 Å². The van der Waals surface area contributed by atoms with Crippen LogP contribution in [0.1, 0.15) is 33.2 Å². The maximum Gasteiger partial charge on any atom is 0.261 e. The fourth-order valence-electron chi connectivity index (χ4n) is 1.68. The van der Waals surface area contributed by atoms with Crippen LogP contribution in [0.2, 0.25) is 0 Å². The van der Waals surface area contributed by atoms with E-state index in [1.54, 1.807) is 23.0 Å². The number of carbonyl (C=O) groups excluding carboxylic acids is 2. The number of hydrogen-bond donors (Lipinski definition) is 1. The number of thiophene rings is 1. The quantitative estimate of drug-likeness (QED) is 0.850.